The van der Waals surface area contributed by atoms with Crippen LogP contribution >= 0.6 is 0 Å². The van der Waals surface area contributed by atoms with Gasteiger partial charge in [0.15, 0.2) is 11.7 Å². The highest BCUT2D eigenvalue weighted by Crippen LogP contribution is 2.46. The van der Waals surface area contributed by atoms with E-state index < -0.39 is 106 Å². The normalized spacial score (nSPS) is 13.5. The molecule has 2 aromatic rings. The molecule has 0 saturated heterocycles. The van der Waals surface area contributed by atoms with Gasteiger partial charge in [-0.2, -0.15) is 52.7 Å². The fourth-order valence-corrected chi connectivity index (χ4v) is 3.48. The maximum absolute atomic E-state index is 13.5. The van der Waals surface area contributed by atoms with Gasteiger partial charge < -0.3 is 9.47 Å². The van der Waals surface area contributed by atoms with Crippen LogP contribution in [0, 0.1) is 19.8 Å². The van der Waals surface area contributed by atoms with Gasteiger partial charge in [0.25, 0.3) is 0 Å². The van der Waals surface area contributed by atoms with Crippen LogP contribution < -0.4 is 9.47 Å². The number of benzene rings is 2. The highest BCUT2D eigenvalue weighted by atomic mass is 19.4. The van der Waals surface area contributed by atoms with Crippen molar-refractivity contribution in [2.24, 2.45) is 5.92 Å². The van der Waals surface area contributed by atoms with Crippen molar-refractivity contribution in [1.29, 1.82) is 0 Å². The summed E-state index contributed by atoms with van der Waals surface area (Å²) in [6, 6.07) is 0.0771. The van der Waals surface area contributed by atoms with Crippen LogP contribution in [0.15, 0.2) is 24.3 Å². The average molecular weight is 612 g/mol. The van der Waals surface area contributed by atoms with E-state index >= 15 is 0 Å². The van der Waals surface area contributed by atoms with Crippen molar-refractivity contribution < 1.29 is 76.5 Å². The first kappa shape index (κ1) is 33.4. The minimum atomic E-state index is -5.58. The Morgan fingerprint density at radius 1 is 0.634 bits per heavy atom. The second kappa shape index (κ2) is 11.2. The number of hydrogen-bond acceptors (Lipinski definition) is 5. The van der Waals surface area contributed by atoms with Gasteiger partial charge in [-0.25, -0.2) is 0 Å². The van der Waals surface area contributed by atoms with Gasteiger partial charge in [-0.15, -0.1) is 0 Å². The van der Waals surface area contributed by atoms with Crippen LogP contribution in [0.3, 0.4) is 0 Å². The van der Waals surface area contributed by atoms with Gasteiger partial charge in [-0.1, -0.05) is 0 Å². The van der Waals surface area contributed by atoms with Crippen LogP contribution in [-0.2, 0) is 39.1 Å². The Labute approximate surface area is 222 Å². The van der Waals surface area contributed by atoms with E-state index in [0.717, 1.165) is 6.92 Å². The van der Waals surface area contributed by atoms with Crippen LogP contribution in [0.4, 0.5) is 52.7 Å². The standard InChI is InChI=1S/C24H16F12O5/c1-9-4-14(22(28,29)30)18(15(5-9)23(31,32)33)41-20(39)13(7-11(3)37)19(38)40-17-10(2)6-12(21(25,26)27)8-16(17)24(34,35)36/h4-6,8,13H,7H2,1-3H3. The van der Waals surface area contributed by atoms with E-state index in [0.29, 0.717) is 13.8 Å². The van der Waals surface area contributed by atoms with Gasteiger partial charge in [-0.3, -0.25) is 14.4 Å². The summed E-state index contributed by atoms with van der Waals surface area (Å²) in [5.41, 5.74) is -9.67. The van der Waals surface area contributed by atoms with Crippen molar-refractivity contribution in [3.63, 3.8) is 0 Å². The van der Waals surface area contributed by atoms with Crippen LogP contribution in [-0.4, -0.2) is 17.7 Å². The van der Waals surface area contributed by atoms with Crippen molar-refractivity contribution in [2.45, 2.75) is 51.9 Å². The Hall–Kier alpha value is -3.79. The number of Topliss-reactive ketones (excluding diaryl/α,β-unsaturated/α-hetero) is 1. The van der Waals surface area contributed by atoms with Gasteiger partial charge in [0, 0.05) is 6.42 Å². The lowest BCUT2D eigenvalue weighted by Crippen LogP contribution is -2.34. The lowest BCUT2D eigenvalue weighted by atomic mass is 10.0. The van der Waals surface area contributed by atoms with E-state index in [2.05, 4.69) is 9.47 Å². The third-order valence-electron chi connectivity index (χ3n) is 5.22. The van der Waals surface area contributed by atoms with E-state index in [4.69, 9.17) is 0 Å². The number of esters is 2. The summed E-state index contributed by atoms with van der Waals surface area (Å²) in [6.07, 6.45) is -23.3. The van der Waals surface area contributed by atoms with E-state index in [1.807, 2.05) is 0 Å². The third kappa shape index (κ3) is 8.13. The molecule has 0 fully saturated rings. The Balaban J connectivity index is 2.63. The SMILES string of the molecule is CC(=O)CC(C(=O)Oc1c(C)cc(C(F)(F)F)cc1C(F)(F)F)C(=O)Oc1c(C(F)(F)F)cc(C)cc1C(F)(F)F. The summed E-state index contributed by atoms with van der Waals surface area (Å²) < 4.78 is 170. The monoisotopic (exact) mass is 612 g/mol. The summed E-state index contributed by atoms with van der Waals surface area (Å²) >= 11 is 0. The number of alkyl halides is 12. The quantitative estimate of drug-likeness (QED) is 0.146. The molecule has 0 aromatic heterocycles. The van der Waals surface area contributed by atoms with Gasteiger partial charge in [-0.05, 0) is 56.2 Å². The highest BCUT2D eigenvalue weighted by Gasteiger charge is 2.45. The lowest BCUT2D eigenvalue weighted by Gasteiger charge is -2.22. The number of carbonyl (C=O) groups excluding carboxylic acids is 3. The molecule has 0 radical (unpaired) electrons. The first-order valence-corrected chi connectivity index (χ1v) is 10.8. The van der Waals surface area contributed by atoms with Gasteiger partial charge in [0.05, 0.1) is 22.3 Å². The van der Waals surface area contributed by atoms with Crippen LogP contribution in [0.5, 0.6) is 11.5 Å². The van der Waals surface area contributed by atoms with Crippen LogP contribution in [0.2, 0.25) is 0 Å². The maximum atomic E-state index is 13.5. The van der Waals surface area contributed by atoms with Gasteiger partial charge >= 0.3 is 36.6 Å². The summed E-state index contributed by atoms with van der Waals surface area (Å²) in [4.78, 5) is 37.0. The smallest absolute Gasteiger partial charge is 0.420 e. The number of halogens is 12. The molecule has 41 heavy (non-hydrogen) atoms. The minimum absolute atomic E-state index is 0.147. The maximum Gasteiger partial charge on any atom is 0.420 e. The molecule has 0 N–H and O–H groups in total. The summed E-state index contributed by atoms with van der Waals surface area (Å²) in [5, 5.41) is 0. The predicted octanol–water partition coefficient (Wildman–Crippen LogP) is 7.48. The first-order valence-electron chi connectivity index (χ1n) is 10.8. The van der Waals surface area contributed by atoms with E-state index in [9.17, 15) is 67.1 Å². The molecule has 2 aromatic carbocycles. The van der Waals surface area contributed by atoms with Crippen LogP contribution in [0.25, 0.3) is 0 Å². The molecule has 0 aliphatic rings. The number of carbonyl (C=O) groups is 3. The van der Waals surface area contributed by atoms with Crippen molar-refractivity contribution in [3.05, 3.63) is 57.6 Å². The average Bonchev–Trinajstić information content (AvgIpc) is 2.76. The van der Waals surface area contributed by atoms with Gasteiger partial charge in [0.2, 0.25) is 0 Å². The first-order chi connectivity index (χ1) is 18.3. The van der Waals surface area contributed by atoms with Crippen molar-refractivity contribution >= 4 is 17.7 Å². The van der Waals surface area contributed by atoms with E-state index in [1.54, 1.807) is 0 Å². The topological polar surface area (TPSA) is 69.7 Å². The molecule has 1 unspecified atom stereocenters. The molecule has 0 saturated carbocycles. The fraction of sp³-hybridized carbons (Fsp3) is 0.375. The minimum Gasteiger partial charge on any atom is -0.425 e. The molecule has 0 spiro atoms. The molecule has 17 heteroatoms. The Morgan fingerprint density at radius 2 is 1.02 bits per heavy atom. The zero-order valence-electron chi connectivity index (χ0n) is 20.7. The molecule has 0 aliphatic heterocycles. The lowest BCUT2D eigenvalue weighted by molar-refractivity contribution is -0.156. The second-order valence-corrected chi connectivity index (χ2v) is 8.65. The third-order valence-corrected chi connectivity index (χ3v) is 5.22. The van der Waals surface area contributed by atoms with Gasteiger partial charge in [0.1, 0.15) is 11.5 Å². The summed E-state index contributed by atoms with van der Waals surface area (Å²) in [6.45, 7) is 2.21. The van der Waals surface area contributed by atoms with Crippen molar-refractivity contribution in [3.8, 4) is 11.5 Å². The molecule has 0 amide bonds. The Kier molecular flexibility index (Phi) is 9.16. The van der Waals surface area contributed by atoms with Crippen molar-refractivity contribution in [1.82, 2.24) is 0 Å². The van der Waals surface area contributed by atoms with Crippen LogP contribution in [0.1, 0.15) is 46.7 Å². The molecule has 1 atom stereocenters. The number of rotatable bonds is 6. The van der Waals surface area contributed by atoms with E-state index in [1.165, 1.54) is 0 Å². The van der Waals surface area contributed by atoms with Crippen molar-refractivity contribution in [2.75, 3.05) is 0 Å². The molecular formula is C24H16F12O5. The zero-order chi connectivity index (χ0) is 31.9. The predicted molar refractivity (Wildman–Crippen MR) is 112 cm³/mol. The fourth-order valence-electron chi connectivity index (χ4n) is 3.48. The molecule has 0 bridgehead atoms. The summed E-state index contributed by atoms with van der Waals surface area (Å²) in [7, 11) is 0. The molecule has 2 rings (SSSR count). The Bertz CT molecular complexity index is 1320. The summed E-state index contributed by atoms with van der Waals surface area (Å²) in [5.74, 6) is -11.9. The van der Waals surface area contributed by atoms with E-state index in [-0.39, 0.29) is 18.2 Å². The second-order valence-electron chi connectivity index (χ2n) is 8.65. The molecule has 5 nitrogen and oxygen atoms in total. The molecule has 226 valence electrons. The molecule has 0 heterocycles. The number of aryl methyl sites for hydroxylation is 2. The number of hydrogen-bond donors (Lipinski definition) is 0. The molecular weight excluding hydrogens is 596 g/mol. The number of ether oxygens (including phenoxy) is 2. The zero-order valence-corrected chi connectivity index (χ0v) is 20.7. The highest BCUT2D eigenvalue weighted by molar-refractivity contribution is 6.00. The number of ketones is 1. The molecule has 0 aliphatic carbocycles. The largest absolute Gasteiger partial charge is 0.425 e. The Morgan fingerprint density at radius 3 is 1.39 bits per heavy atom.